The SMILES string of the molecule is CCc1ccc(C2C(C)C(NC)C2CC)cc1. The summed E-state index contributed by atoms with van der Waals surface area (Å²) in [7, 11) is 2.10. The summed E-state index contributed by atoms with van der Waals surface area (Å²) in [5.41, 5.74) is 2.98. The molecule has 1 N–H and O–H groups in total. The van der Waals surface area contributed by atoms with Gasteiger partial charge in [-0.05, 0) is 42.3 Å². The summed E-state index contributed by atoms with van der Waals surface area (Å²) in [5.74, 6) is 2.32. The molecule has 0 aromatic heterocycles. The van der Waals surface area contributed by atoms with Crippen LogP contribution in [0.15, 0.2) is 24.3 Å². The zero-order valence-corrected chi connectivity index (χ0v) is 11.5. The highest BCUT2D eigenvalue weighted by Gasteiger charge is 2.46. The van der Waals surface area contributed by atoms with E-state index < -0.39 is 0 Å². The third kappa shape index (κ3) is 2.13. The van der Waals surface area contributed by atoms with Crippen molar-refractivity contribution >= 4 is 0 Å². The number of nitrogens with one attached hydrogen (secondary N) is 1. The first-order valence-electron chi connectivity index (χ1n) is 6.99. The van der Waals surface area contributed by atoms with E-state index in [1.807, 2.05) is 0 Å². The molecule has 0 aliphatic heterocycles. The molecule has 1 heteroatoms. The second-order valence-electron chi connectivity index (χ2n) is 5.37. The molecule has 94 valence electrons. The maximum atomic E-state index is 3.47. The molecule has 0 saturated heterocycles. The highest BCUT2D eigenvalue weighted by molar-refractivity contribution is 5.30. The van der Waals surface area contributed by atoms with Crippen molar-refractivity contribution < 1.29 is 0 Å². The summed E-state index contributed by atoms with van der Waals surface area (Å²) < 4.78 is 0. The minimum absolute atomic E-state index is 0.704. The molecule has 2 rings (SSSR count). The minimum atomic E-state index is 0.704. The van der Waals surface area contributed by atoms with E-state index in [0.29, 0.717) is 6.04 Å². The van der Waals surface area contributed by atoms with Crippen molar-refractivity contribution in [1.82, 2.24) is 5.32 Å². The zero-order valence-electron chi connectivity index (χ0n) is 11.5. The molecule has 0 spiro atoms. The summed E-state index contributed by atoms with van der Waals surface area (Å²) in [6.07, 6.45) is 2.41. The van der Waals surface area contributed by atoms with E-state index in [1.54, 1.807) is 0 Å². The molecule has 0 heterocycles. The van der Waals surface area contributed by atoms with Crippen molar-refractivity contribution in [1.29, 1.82) is 0 Å². The third-order valence-electron chi connectivity index (χ3n) is 4.63. The van der Waals surface area contributed by atoms with Crippen LogP contribution >= 0.6 is 0 Å². The normalized spacial score (nSPS) is 32.2. The third-order valence-corrected chi connectivity index (χ3v) is 4.63. The molecule has 4 unspecified atom stereocenters. The van der Waals surface area contributed by atoms with Crippen LogP contribution in [-0.2, 0) is 6.42 Å². The molecule has 4 atom stereocenters. The van der Waals surface area contributed by atoms with Crippen molar-refractivity contribution in [2.24, 2.45) is 11.8 Å². The lowest BCUT2D eigenvalue weighted by atomic mass is 9.58. The molecule has 1 saturated carbocycles. The number of hydrogen-bond donors (Lipinski definition) is 1. The lowest BCUT2D eigenvalue weighted by Crippen LogP contribution is -2.54. The van der Waals surface area contributed by atoms with Gasteiger partial charge in [0.15, 0.2) is 0 Å². The van der Waals surface area contributed by atoms with Crippen LogP contribution in [-0.4, -0.2) is 13.1 Å². The second-order valence-corrected chi connectivity index (χ2v) is 5.37. The Labute approximate surface area is 106 Å². The Balaban J connectivity index is 2.16. The van der Waals surface area contributed by atoms with Gasteiger partial charge in [0.2, 0.25) is 0 Å². The van der Waals surface area contributed by atoms with Gasteiger partial charge in [-0.3, -0.25) is 0 Å². The van der Waals surface area contributed by atoms with Crippen LogP contribution in [0, 0.1) is 11.8 Å². The summed E-state index contributed by atoms with van der Waals surface area (Å²) >= 11 is 0. The fourth-order valence-electron chi connectivity index (χ4n) is 3.59. The predicted molar refractivity (Wildman–Crippen MR) is 74.4 cm³/mol. The summed E-state index contributed by atoms with van der Waals surface area (Å²) in [5, 5.41) is 3.47. The topological polar surface area (TPSA) is 12.0 Å². The molecular formula is C16H25N. The van der Waals surface area contributed by atoms with Crippen molar-refractivity contribution in [3.63, 3.8) is 0 Å². The van der Waals surface area contributed by atoms with E-state index in [1.165, 1.54) is 17.5 Å². The van der Waals surface area contributed by atoms with Gasteiger partial charge < -0.3 is 5.32 Å². The van der Waals surface area contributed by atoms with Crippen molar-refractivity contribution in [2.75, 3.05) is 7.05 Å². The summed E-state index contributed by atoms with van der Waals surface area (Å²) in [4.78, 5) is 0. The molecular weight excluding hydrogens is 206 g/mol. The van der Waals surface area contributed by atoms with Crippen LogP contribution in [0.1, 0.15) is 44.2 Å². The van der Waals surface area contributed by atoms with E-state index in [2.05, 4.69) is 57.4 Å². The molecule has 1 nitrogen and oxygen atoms in total. The Kier molecular flexibility index (Phi) is 3.88. The Morgan fingerprint density at radius 1 is 1.12 bits per heavy atom. The highest BCUT2D eigenvalue weighted by atomic mass is 14.9. The van der Waals surface area contributed by atoms with Crippen LogP contribution < -0.4 is 5.32 Å². The van der Waals surface area contributed by atoms with Gasteiger partial charge in [0.25, 0.3) is 0 Å². The van der Waals surface area contributed by atoms with E-state index in [4.69, 9.17) is 0 Å². The molecule has 0 amide bonds. The van der Waals surface area contributed by atoms with Crippen LogP contribution in [0.2, 0.25) is 0 Å². The largest absolute Gasteiger partial charge is 0.316 e. The molecule has 1 fully saturated rings. The second kappa shape index (κ2) is 5.22. The van der Waals surface area contributed by atoms with Gasteiger partial charge in [0.1, 0.15) is 0 Å². The van der Waals surface area contributed by atoms with E-state index in [0.717, 1.165) is 24.2 Å². The van der Waals surface area contributed by atoms with Gasteiger partial charge in [-0.2, -0.15) is 0 Å². The van der Waals surface area contributed by atoms with Crippen LogP contribution in [0.3, 0.4) is 0 Å². The average Bonchev–Trinajstić information content (AvgIpc) is 2.37. The summed E-state index contributed by atoms with van der Waals surface area (Å²) in [6, 6.07) is 9.97. The quantitative estimate of drug-likeness (QED) is 0.835. The molecule has 1 aliphatic carbocycles. The van der Waals surface area contributed by atoms with Gasteiger partial charge in [-0.1, -0.05) is 51.5 Å². The van der Waals surface area contributed by atoms with Crippen LogP contribution in [0.4, 0.5) is 0 Å². The van der Waals surface area contributed by atoms with Crippen LogP contribution in [0.25, 0.3) is 0 Å². The fourth-order valence-corrected chi connectivity index (χ4v) is 3.59. The lowest BCUT2D eigenvalue weighted by molar-refractivity contribution is 0.0847. The van der Waals surface area contributed by atoms with Gasteiger partial charge in [-0.15, -0.1) is 0 Å². The van der Waals surface area contributed by atoms with Crippen LogP contribution in [0.5, 0.6) is 0 Å². The minimum Gasteiger partial charge on any atom is -0.316 e. The maximum Gasteiger partial charge on any atom is 0.0130 e. The Morgan fingerprint density at radius 2 is 1.76 bits per heavy atom. The Hall–Kier alpha value is -0.820. The van der Waals surface area contributed by atoms with Gasteiger partial charge in [0, 0.05) is 6.04 Å². The number of hydrogen-bond acceptors (Lipinski definition) is 1. The fraction of sp³-hybridized carbons (Fsp3) is 0.625. The number of rotatable bonds is 4. The van der Waals surface area contributed by atoms with E-state index in [-0.39, 0.29) is 0 Å². The van der Waals surface area contributed by atoms with E-state index in [9.17, 15) is 0 Å². The molecule has 1 aliphatic rings. The van der Waals surface area contributed by atoms with Gasteiger partial charge >= 0.3 is 0 Å². The van der Waals surface area contributed by atoms with Gasteiger partial charge in [-0.25, -0.2) is 0 Å². The monoisotopic (exact) mass is 231 g/mol. The Morgan fingerprint density at radius 3 is 2.24 bits per heavy atom. The number of aryl methyl sites for hydroxylation is 1. The van der Waals surface area contributed by atoms with E-state index >= 15 is 0 Å². The number of benzene rings is 1. The predicted octanol–water partition coefficient (Wildman–Crippen LogP) is 3.60. The van der Waals surface area contributed by atoms with Crippen molar-refractivity contribution in [2.45, 2.75) is 45.6 Å². The zero-order chi connectivity index (χ0) is 12.4. The highest BCUT2D eigenvalue weighted by Crippen LogP contribution is 2.49. The summed E-state index contributed by atoms with van der Waals surface area (Å²) in [6.45, 7) is 6.91. The molecule has 0 bridgehead atoms. The lowest BCUT2D eigenvalue weighted by Gasteiger charge is -2.51. The maximum absolute atomic E-state index is 3.47. The first-order valence-corrected chi connectivity index (χ1v) is 6.99. The first-order chi connectivity index (χ1) is 8.22. The average molecular weight is 231 g/mol. The standard InChI is InChI=1S/C16H25N/c1-5-12-7-9-13(10-8-12)15-11(3)16(17-4)14(15)6-2/h7-11,14-17H,5-6H2,1-4H3. The molecule has 1 aromatic carbocycles. The Bertz CT molecular complexity index is 354. The smallest absolute Gasteiger partial charge is 0.0130 e. The molecule has 1 aromatic rings. The molecule has 17 heavy (non-hydrogen) atoms. The first kappa shape index (κ1) is 12.6. The van der Waals surface area contributed by atoms with Gasteiger partial charge in [0.05, 0.1) is 0 Å². The van der Waals surface area contributed by atoms with Crippen molar-refractivity contribution in [3.8, 4) is 0 Å². The van der Waals surface area contributed by atoms with Crippen molar-refractivity contribution in [3.05, 3.63) is 35.4 Å². The molecule has 0 radical (unpaired) electrons.